The van der Waals surface area contributed by atoms with Crippen LogP contribution in [0.15, 0.2) is 11.6 Å². The Morgan fingerprint density at radius 3 is 1.94 bits per heavy atom. The number of rotatable bonds is 29. The molecule has 0 aromatic rings. The fraction of sp³-hybridized carbons (Fsp3) is 0.872. The van der Waals surface area contributed by atoms with Crippen LogP contribution in [0.2, 0.25) is 0 Å². The van der Waals surface area contributed by atoms with E-state index in [-0.39, 0.29) is 36.0 Å². The smallest absolute Gasteiger partial charge is 0.334 e. The first-order valence-electron chi connectivity index (χ1n) is 19.3. The first kappa shape index (κ1) is 41.4. The number of Topliss-reactive ketones (excluding diaryl/α,β-unsaturated/α-hetero) is 1. The molecule has 8 nitrogen and oxygen atoms in total. The molecule has 47 heavy (non-hydrogen) atoms. The van der Waals surface area contributed by atoms with Crippen molar-refractivity contribution in [3.8, 4) is 0 Å². The lowest BCUT2D eigenvalue weighted by atomic mass is 9.98. The molecular weight excluding hydrogens is 596 g/mol. The minimum atomic E-state index is -0.561. The fourth-order valence-corrected chi connectivity index (χ4v) is 6.95. The summed E-state index contributed by atoms with van der Waals surface area (Å²) >= 11 is 0. The first-order valence-corrected chi connectivity index (χ1v) is 19.3. The van der Waals surface area contributed by atoms with Gasteiger partial charge in [-0.2, -0.15) is 0 Å². The van der Waals surface area contributed by atoms with E-state index in [1.54, 1.807) is 6.08 Å². The van der Waals surface area contributed by atoms with Gasteiger partial charge in [0.05, 0.1) is 24.4 Å². The Morgan fingerprint density at radius 1 is 0.809 bits per heavy atom. The lowest BCUT2D eigenvalue weighted by Crippen LogP contribution is -2.36. The Bertz CT molecular complexity index is 901. The second kappa shape index (κ2) is 25.2. The van der Waals surface area contributed by atoms with Crippen molar-refractivity contribution < 1.29 is 38.8 Å². The lowest BCUT2D eigenvalue weighted by molar-refractivity contribution is -0.159. The largest absolute Gasteiger partial charge is 0.460 e. The van der Waals surface area contributed by atoms with Crippen LogP contribution in [0, 0.1) is 0 Å². The number of ether oxygens (including phenoxy) is 3. The van der Waals surface area contributed by atoms with Gasteiger partial charge in [0, 0.05) is 31.8 Å². The molecule has 0 aromatic heterocycles. The van der Waals surface area contributed by atoms with Gasteiger partial charge in [0.25, 0.3) is 0 Å². The molecule has 1 saturated heterocycles. The van der Waals surface area contributed by atoms with Gasteiger partial charge < -0.3 is 24.4 Å². The maximum Gasteiger partial charge on any atom is 0.334 e. The quantitative estimate of drug-likeness (QED) is 0.0603. The molecule has 2 N–H and O–H groups in total. The van der Waals surface area contributed by atoms with E-state index < -0.39 is 18.3 Å². The molecule has 1 fully saturated rings. The van der Waals surface area contributed by atoms with Crippen molar-refractivity contribution in [2.75, 3.05) is 0 Å². The predicted octanol–water partition coefficient (Wildman–Crippen LogP) is 8.62. The molecule has 2 heterocycles. The van der Waals surface area contributed by atoms with Crippen LogP contribution >= 0.6 is 0 Å². The molecule has 0 unspecified atom stereocenters. The second-order valence-electron chi connectivity index (χ2n) is 14.2. The molecule has 0 aliphatic carbocycles. The number of unbranched alkanes of at least 4 members (excludes halogenated alkanes) is 15. The van der Waals surface area contributed by atoms with E-state index in [9.17, 15) is 24.6 Å². The van der Waals surface area contributed by atoms with Crippen LogP contribution in [0.3, 0.4) is 0 Å². The average molecular weight is 665 g/mol. The standard InChI is InChI=1S/C39H68O8/c1-4-5-6-7-8-9-10-14-17-20-23-35(43)36-26-27-37(47-36)38(46-31(3)40)29-34(42)22-19-16-13-11-12-15-18-21-33(41)25-24-32-28-30(2)45-39(32)44/h28,30,34-38,42-43H,4-27,29H2,1-3H3/t30-,34+,35+,36+,37+,38+/m0/s1. The topological polar surface area (TPSA) is 119 Å². The number of aliphatic hydroxyl groups is 2. The van der Waals surface area contributed by atoms with Crippen molar-refractivity contribution in [3.63, 3.8) is 0 Å². The Hall–Kier alpha value is -1.77. The summed E-state index contributed by atoms with van der Waals surface area (Å²) in [5, 5.41) is 21.5. The molecule has 0 amide bonds. The van der Waals surface area contributed by atoms with Gasteiger partial charge in [0.2, 0.25) is 0 Å². The number of carbonyl (C=O) groups excluding carboxylic acids is 3. The van der Waals surface area contributed by atoms with Crippen molar-refractivity contribution >= 4 is 17.7 Å². The Kier molecular flexibility index (Phi) is 22.2. The van der Waals surface area contributed by atoms with Crippen LogP contribution < -0.4 is 0 Å². The van der Waals surface area contributed by atoms with Gasteiger partial charge in [0.1, 0.15) is 18.0 Å². The Labute approximate surface area is 285 Å². The second-order valence-corrected chi connectivity index (χ2v) is 14.2. The van der Waals surface area contributed by atoms with Gasteiger partial charge in [-0.05, 0) is 51.5 Å². The molecule has 0 radical (unpaired) electrons. The lowest BCUT2D eigenvalue weighted by Gasteiger charge is -2.27. The summed E-state index contributed by atoms with van der Waals surface area (Å²) in [5.74, 6) is -0.449. The molecule has 2 aliphatic rings. The van der Waals surface area contributed by atoms with Crippen molar-refractivity contribution in [2.45, 2.75) is 218 Å². The van der Waals surface area contributed by atoms with Crippen molar-refractivity contribution in [1.82, 2.24) is 0 Å². The van der Waals surface area contributed by atoms with E-state index in [1.807, 2.05) is 6.92 Å². The Balaban J connectivity index is 1.51. The summed E-state index contributed by atoms with van der Waals surface area (Å²) in [6.45, 7) is 5.47. The number of ketones is 1. The van der Waals surface area contributed by atoms with Crippen LogP contribution in [0.25, 0.3) is 0 Å². The van der Waals surface area contributed by atoms with E-state index >= 15 is 0 Å². The third-order valence-electron chi connectivity index (χ3n) is 9.76. The third-order valence-corrected chi connectivity index (χ3v) is 9.76. The molecular formula is C39H68O8. The summed E-state index contributed by atoms with van der Waals surface area (Å²) < 4.78 is 16.9. The van der Waals surface area contributed by atoms with E-state index in [1.165, 1.54) is 58.3 Å². The molecule has 8 heteroatoms. The van der Waals surface area contributed by atoms with Crippen molar-refractivity contribution in [1.29, 1.82) is 0 Å². The van der Waals surface area contributed by atoms with Gasteiger partial charge in [-0.15, -0.1) is 0 Å². The minimum absolute atomic E-state index is 0.183. The summed E-state index contributed by atoms with van der Waals surface area (Å²) in [4.78, 5) is 35.6. The van der Waals surface area contributed by atoms with E-state index in [2.05, 4.69) is 6.92 Å². The zero-order chi connectivity index (χ0) is 34.3. The van der Waals surface area contributed by atoms with Crippen molar-refractivity contribution in [2.24, 2.45) is 0 Å². The third kappa shape index (κ3) is 19.1. The highest BCUT2D eigenvalue weighted by atomic mass is 16.6. The SMILES string of the molecule is CCCCCCCCCCCC[C@@H](O)[C@H]1CC[C@H]([C@@H](C[C@H](O)CCCCCCCCCC(=O)CCC2=C[C@H](C)OC2=O)OC(C)=O)O1. The van der Waals surface area contributed by atoms with Crippen LogP contribution in [0.4, 0.5) is 0 Å². The summed E-state index contributed by atoms with van der Waals surface area (Å²) in [7, 11) is 0. The molecule has 272 valence electrons. The summed E-state index contributed by atoms with van der Waals surface area (Å²) in [6, 6.07) is 0. The number of cyclic esters (lactones) is 1. The van der Waals surface area contributed by atoms with E-state index in [4.69, 9.17) is 14.2 Å². The van der Waals surface area contributed by atoms with E-state index in [0.29, 0.717) is 37.7 Å². The van der Waals surface area contributed by atoms with Gasteiger partial charge in [-0.25, -0.2) is 4.79 Å². The van der Waals surface area contributed by atoms with Gasteiger partial charge in [-0.1, -0.05) is 110 Å². The number of hydrogen-bond donors (Lipinski definition) is 2. The molecule has 0 saturated carbocycles. The minimum Gasteiger partial charge on any atom is -0.460 e. The van der Waals surface area contributed by atoms with Crippen LogP contribution in [-0.4, -0.2) is 64.6 Å². The van der Waals surface area contributed by atoms with Gasteiger partial charge in [0.15, 0.2) is 0 Å². The fourth-order valence-electron chi connectivity index (χ4n) is 6.95. The number of carbonyl (C=O) groups is 3. The molecule has 2 rings (SSSR count). The first-order chi connectivity index (χ1) is 22.7. The predicted molar refractivity (Wildman–Crippen MR) is 186 cm³/mol. The highest BCUT2D eigenvalue weighted by Crippen LogP contribution is 2.30. The monoisotopic (exact) mass is 664 g/mol. The summed E-state index contributed by atoms with van der Waals surface area (Å²) in [5.41, 5.74) is 0.628. The van der Waals surface area contributed by atoms with Crippen LogP contribution in [-0.2, 0) is 28.6 Å². The van der Waals surface area contributed by atoms with Crippen molar-refractivity contribution in [3.05, 3.63) is 11.6 Å². The zero-order valence-electron chi connectivity index (χ0n) is 30.1. The highest BCUT2D eigenvalue weighted by molar-refractivity contribution is 5.91. The van der Waals surface area contributed by atoms with Gasteiger partial charge in [-0.3, -0.25) is 9.59 Å². The molecule has 6 atom stereocenters. The highest BCUT2D eigenvalue weighted by Gasteiger charge is 2.37. The number of esters is 2. The summed E-state index contributed by atoms with van der Waals surface area (Å²) in [6.07, 6.45) is 24.0. The van der Waals surface area contributed by atoms with E-state index in [0.717, 1.165) is 77.0 Å². The maximum absolute atomic E-state index is 12.1. The molecule has 2 aliphatic heterocycles. The molecule has 0 aromatic carbocycles. The van der Waals surface area contributed by atoms with Crippen LogP contribution in [0.5, 0.6) is 0 Å². The normalized spacial score (nSPS) is 21.3. The number of hydrogen-bond acceptors (Lipinski definition) is 8. The maximum atomic E-state index is 12.1. The zero-order valence-corrected chi connectivity index (χ0v) is 30.1. The average Bonchev–Trinajstić information content (AvgIpc) is 3.65. The molecule has 0 spiro atoms. The van der Waals surface area contributed by atoms with Gasteiger partial charge >= 0.3 is 11.9 Å². The van der Waals surface area contributed by atoms with Crippen LogP contribution in [0.1, 0.15) is 181 Å². The molecule has 0 bridgehead atoms. The number of aliphatic hydroxyl groups excluding tert-OH is 2. The Morgan fingerprint density at radius 2 is 1.36 bits per heavy atom.